The molecule has 0 aliphatic heterocycles. The molecule has 16 heavy (non-hydrogen) atoms. The molecule has 0 heterocycles. The van der Waals surface area contributed by atoms with Crippen LogP contribution in [0.15, 0.2) is 24.3 Å². The molecule has 0 spiro atoms. The van der Waals surface area contributed by atoms with Crippen LogP contribution in [0.3, 0.4) is 0 Å². The van der Waals surface area contributed by atoms with Gasteiger partial charge in [0, 0.05) is 12.6 Å². The van der Waals surface area contributed by atoms with E-state index in [2.05, 4.69) is 5.32 Å². The van der Waals surface area contributed by atoms with Gasteiger partial charge in [-0.1, -0.05) is 12.1 Å². The summed E-state index contributed by atoms with van der Waals surface area (Å²) in [7, 11) is 0. The molecule has 88 valence electrons. The quantitative estimate of drug-likeness (QED) is 0.729. The second-order valence-electron chi connectivity index (χ2n) is 4.56. The number of aromatic hydroxyl groups is 1. The van der Waals surface area contributed by atoms with Gasteiger partial charge in [0.05, 0.1) is 6.10 Å². The van der Waals surface area contributed by atoms with Crippen LogP contribution in [-0.2, 0) is 6.54 Å². The number of nitrogens with one attached hydrogen (secondary N) is 1. The average Bonchev–Trinajstić information content (AvgIpc) is 2.28. The van der Waals surface area contributed by atoms with Crippen molar-refractivity contribution in [3.63, 3.8) is 0 Å². The van der Waals surface area contributed by atoms with Gasteiger partial charge in [-0.2, -0.15) is 0 Å². The highest BCUT2D eigenvalue weighted by molar-refractivity contribution is 5.25. The van der Waals surface area contributed by atoms with Gasteiger partial charge in [-0.25, -0.2) is 0 Å². The third-order valence-corrected chi connectivity index (χ3v) is 3.18. The number of aliphatic hydroxyl groups excluding tert-OH is 1. The summed E-state index contributed by atoms with van der Waals surface area (Å²) in [5, 5.41) is 22.1. The lowest BCUT2D eigenvalue weighted by Gasteiger charge is -2.26. The summed E-state index contributed by atoms with van der Waals surface area (Å²) >= 11 is 0. The highest BCUT2D eigenvalue weighted by Gasteiger charge is 2.19. The van der Waals surface area contributed by atoms with Crippen molar-refractivity contribution in [1.29, 1.82) is 0 Å². The Morgan fingerprint density at radius 1 is 1.19 bits per heavy atom. The molecular weight excluding hydrogens is 202 g/mol. The normalized spacial score (nSPS) is 25.6. The maximum Gasteiger partial charge on any atom is 0.115 e. The molecule has 3 heteroatoms. The summed E-state index contributed by atoms with van der Waals surface area (Å²) in [6.45, 7) is 0.803. The average molecular weight is 221 g/mol. The van der Waals surface area contributed by atoms with Crippen LogP contribution in [0.1, 0.15) is 31.2 Å². The zero-order valence-electron chi connectivity index (χ0n) is 9.39. The number of phenols is 1. The van der Waals surface area contributed by atoms with Crippen LogP contribution in [0.5, 0.6) is 5.75 Å². The first-order chi connectivity index (χ1) is 7.74. The van der Waals surface area contributed by atoms with Crippen molar-refractivity contribution < 1.29 is 10.2 Å². The molecule has 3 N–H and O–H groups in total. The Kier molecular flexibility index (Phi) is 3.80. The van der Waals surface area contributed by atoms with Gasteiger partial charge < -0.3 is 15.5 Å². The maximum atomic E-state index is 9.54. The largest absolute Gasteiger partial charge is 0.508 e. The molecule has 3 nitrogen and oxygen atoms in total. The molecule has 2 rings (SSSR count). The molecule has 1 saturated carbocycles. The second-order valence-corrected chi connectivity index (χ2v) is 4.56. The van der Waals surface area contributed by atoms with Gasteiger partial charge in [0.2, 0.25) is 0 Å². The number of hydrogen-bond donors (Lipinski definition) is 3. The van der Waals surface area contributed by atoms with E-state index in [4.69, 9.17) is 5.11 Å². The minimum absolute atomic E-state index is 0.133. The predicted molar refractivity (Wildman–Crippen MR) is 63.2 cm³/mol. The van der Waals surface area contributed by atoms with Gasteiger partial charge in [-0.3, -0.25) is 0 Å². The maximum absolute atomic E-state index is 9.54. The summed E-state index contributed by atoms with van der Waals surface area (Å²) in [5.74, 6) is 0.303. The molecule has 0 radical (unpaired) electrons. The Labute approximate surface area is 96.1 Å². The minimum atomic E-state index is -0.133. The van der Waals surface area contributed by atoms with Gasteiger partial charge in [-0.15, -0.1) is 0 Å². The molecular formula is C13H19NO2. The zero-order chi connectivity index (χ0) is 11.4. The van der Waals surface area contributed by atoms with Crippen molar-refractivity contribution in [2.75, 3.05) is 0 Å². The Morgan fingerprint density at radius 3 is 2.62 bits per heavy atom. The standard InChI is InChI=1S/C13H19NO2/c15-12-6-4-10(5-7-12)9-14-11-2-1-3-13(16)8-11/h4-7,11,13-16H,1-3,8-9H2. The lowest BCUT2D eigenvalue weighted by molar-refractivity contribution is 0.111. The van der Waals surface area contributed by atoms with Crippen LogP contribution in [-0.4, -0.2) is 22.4 Å². The number of rotatable bonds is 3. The van der Waals surface area contributed by atoms with Gasteiger partial charge >= 0.3 is 0 Å². The van der Waals surface area contributed by atoms with E-state index in [1.807, 2.05) is 12.1 Å². The molecule has 0 aromatic heterocycles. The molecule has 1 aromatic rings. The predicted octanol–water partition coefficient (Wildman–Crippen LogP) is 1.79. The first-order valence-electron chi connectivity index (χ1n) is 5.93. The van der Waals surface area contributed by atoms with E-state index in [0.29, 0.717) is 11.8 Å². The lowest BCUT2D eigenvalue weighted by Crippen LogP contribution is -2.35. The Hall–Kier alpha value is -1.06. The van der Waals surface area contributed by atoms with E-state index >= 15 is 0 Å². The SMILES string of the molecule is Oc1ccc(CNC2CCCC(O)C2)cc1. The highest BCUT2D eigenvalue weighted by Crippen LogP contribution is 2.19. The fourth-order valence-electron chi connectivity index (χ4n) is 2.23. The lowest BCUT2D eigenvalue weighted by atomic mass is 9.93. The molecule has 0 amide bonds. The van der Waals surface area contributed by atoms with Crippen molar-refractivity contribution >= 4 is 0 Å². The van der Waals surface area contributed by atoms with E-state index in [9.17, 15) is 5.11 Å². The van der Waals surface area contributed by atoms with Gasteiger partial charge in [0.25, 0.3) is 0 Å². The van der Waals surface area contributed by atoms with E-state index in [1.54, 1.807) is 12.1 Å². The monoisotopic (exact) mass is 221 g/mol. The number of aliphatic hydroxyl groups is 1. The summed E-state index contributed by atoms with van der Waals surface area (Å²) in [6, 6.07) is 7.67. The fraction of sp³-hybridized carbons (Fsp3) is 0.538. The Balaban J connectivity index is 1.80. The molecule has 1 aliphatic rings. The smallest absolute Gasteiger partial charge is 0.115 e. The molecule has 0 bridgehead atoms. The van der Waals surface area contributed by atoms with E-state index in [1.165, 1.54) is 0 Å². The van der Waals surface area contributed by atoms with Gasteiger partial charge in [0.1, 0.15) is 5.75 Å². The third-order valence-electron chi connectivity index (χ3n) is 3.18. The molecule has 2 unspecified atom stereocenters. The highest BCUT2D eigenvalue weighted by atomic mass is 16.3. The number of hydrogen-bond acceptors (Lipinski definition) is 3. The minimum Gasteiger partial charge on any atom is -0.508 e. The van der Waals surface area contributed by atoms with Gasteiger partial charge in [-0.05, 0) is 43.4 Å². The van der Waals surface area contributed by atoms with E-state index < -0.39 is 0 Å². The van der Waals surface area contributed by atoms with Gasteiger partial charge in [0.15, 0.2) is 0 Å². The Morgan fingerprint density at radius 2 is 1.94 bits per heavy atom. The zero-order valence-corrected chi connectivity index (χ0v) is 9.39. The van der Waals surface area contributed by atoms with Crippen LogP contribution in [0.4, 0.5) is 0 Å². The third kappa shape index (κ3) is 3.22. The summed E-state index contributed by atoms with van der Waals surface area (Å²) < 4.78 is 0. The van der Waals surface area contributed by atoms with Crippen LogP contribution in [0, 0.1) is 0 Å². The van der Waals surface area contributed by atoms with Crippen molar-refractivity contribution in [2.24, 2.45) is 0 Å². The fourth-order valence-corrected chi connectivity index (χ4v) is 2.23. The van der Waals surface area contributed by atoms with Crippen molar-refractivity contribution in [3.8, 4) is 5.75 Å². The topological polar surface area (TPSA) is 52.5 Å². The van der Waals surface area contributed by atoms with Crippen molar-refractivity contribution in [3.05, 3.63) is 29.8 Å². The first-order valence-corrected chi connectivity index (χ1v) is 5.93. The van der Waals surface area contributed by atoms with Crippen LogP contribution >= 0.6 is 0 Å². The molecule has 1 aliphatic carbocycles. The van der Waals surface area contributed by atoms with Crippen molar-refractivity contribution in [2.45, 2.75) is 44.4 Å². The summed E-state index contributed by atoms with van der Waals surface area (Å²) in [5.41, 5.74) is 1.16. The molecule has 2 atom stereocenters. The van der Waals surface area contributed by atoms with E-state index in [-0.39, 0.29) is 6.10 Å². The Bertz CT molecular complexity index is 323. The number of phenolic OH excluding ortho intramolecular Hbond substituents is 1. The molecule has 0 saturated heterocycles. The molecule has 1 aromatic carbocycles. The number of benzene rings is 1. The van der Waals surface area contributed by atoms with Crippen molar-refractivity contribution in [1.82, 2.24) is 5.32 Å². The summed E-state index contributed by atoms with van der Waals surface area (Å²) in [6.07, 6.45) is 3.92. The van der Waals surface area contributed by atoms with Crippen LogP contribution in [0.25, 0.3) is 0 Å². The first kappa shape index (κ1) is 11.4. The van der Waals surface area contributed by atoms with Crippen LogP contribution < -0.4 is 5.32 Å². The van der Waals surface area contributed by atoms with Crippen LogP contribution in [0.2, 0.25) is 0 Å². The second kappa shape index (κ2) is 5.32. The molecule has 1 fully saturated rings. The summed E-state index contributed by atoms with van der Waals surface area (Å²) in [4.78, 5) is 0. The van der Waals surface area contributed by atoms with E-state index in [0.717, 1.165) is 37.8 Å².